The quantitative estimate of drug-likeness (QED) is 0.766. The normalized spacial score (nSPS) is 12.0. The van der Waals surface area contributed by atoms with Crippen LogP contribution < -0.4 is 0 Å². The lowest BCUT2D eigenvalue weighted by Crippen LogP contribution is -2.31. The molecule has 0 fully saturated rings. The van der Waals surface area contributed by atoms with E-state index in [1.54, 1.807) is 0 Å². The van der Waals surface area contributed by atoms with Crippen molar-refractivity contribution in [2.45, 2.75) is 31.7 Å². The molecule has 22 heavy (non-hydrogen) atoms. The summed E-state index contributed by atoms with van der Waals surface area (Å²) in [5.74, 6) is 0. The standard InChI is InChI=1S/C13H15Cl2N3O2S2/c1-3-6-18(8-13-17-16-9(2)21-13)22(19,20)10-4-5-11(14)12(15)7-10/h4-5,7H,3,6,8H2,1-2H3. The van der Waals surface area contributed by atoms with Gasteiger partial charge in [0, 0.05) is 6.54 Å². The van der Waals surface area contributed by atoms with E-state index < -0.39 is 10.0 Å². The van der Waals surface area contributed by atoms with Gasteiger partial charge in [-0.1, -0.05) is 30.1 Å². The Morgan fingerprint density at radius 1 is 1.23 bits per heavy atom. The highest BCUT2D eigenvalue weighted by atomic mass is 35.5. The molecule has 2 rings (SSSR count). The Morgan fingerprint density at radius 3 is 2.50 bits per heavy atom. The van der Waals surface area contributed by atoms with E-state index in [0.29, 0.717) is 23.0 Å². The molecule has 0 radical (unpaired) electrons. The smallest absolute Gasteiger partial charge is 0.207 e. The average molecular weight is 380 g/mol. The van der Waals surface area contributed by atoms with Gasteiger partial charge in [0.15, 0.2) is 0 Å². The Morgan fingerprint density at radius 2 is 1.95 bits per heavy atom. The van der Waals surface area contributed by atoms with Crippen molar-refractivity contribution in [3.63, 3.8) is 0 Å². The van der Waals surface area contributed by atoms with Crippen molar-refractivity contribution >= 4 is 44.6 Å². The molecule has 1 aromatic carbocycles. The average Bonchev–Trinajstić information content (AvgIpc) is 2.86. The second kappa shape index (κ2) is 7.23. The summed E-state index contributed by atoms with van der Waals surface area (Å²) in [6.45, 7) is 4.34. The topological polar surface area (TPSA) is 63.2 Å². The zero-order valence-electron chi connectivity index (χ0n) is 12.1. The molecule has 120 valence electrons. The van der Waals surface area contributed by atoms with Gasteiger partial charge in [0.05, 0.1) is 21.5 Å². The minimum absolute atomic E-state index is 0.122. The van der Waals surface area contributed by atoms with Crippen molar-refractivity contribution in [1.29, 1.82) is 0 Å². The maximum atomic E-state index is 12.8. The molecule has 0 N–H and O–H groups in total. The van der Waals surface area contributed by atoms with E-state index in [-0.39, 0.29) is 16.5 Å². The zero-order valence-corrected chi connectivity index (χ0v) is 15.2. The van der Waals surface area contributed by atoms with Crippen molar-refractivity contribution in [1.82, 2.24) is 14.5 Å². The monoisotopic (exact) mass is 379 g/mol. The fourth-order valence-electron chi connectivity index (χ4n) is 1.87. The molecule has 0 saturated carbocycles. The van der Waals surface area contributed by atoms with Gasteiger partial charge < -0.3 is 0 Å². The van der Waals surface area contributed by atoms with Crippen LogP contribution in [0.25, 0.3) is 0 Å². The summed E-state index contributed by atoms with van der Waals surface area (Å²) in [6.07, 6.45) is 0.693. The number of sulfonamides is 1. The van der Waals surface area contributed by atoms with Gasteiger partial charge in [-0.15, -0.1) is 21.5 Å². The Balaban J connectivity index is 2.34. The summed E-state index contributed by atoms with van der Waals surface area (Å²) in [4.78, 5) is 0.122. The molecule has 0 amide bonds. The summed E-state index contributed by atoms with van der Waals surface area (Å²) in [5.41, 5.74) is 0. The molecule has 0 saturated heterocycles. The van der Waals surface area contributed by atoms with Gasteiger partial charge >= 0.3 is 0 Å². The van der Waals surface area contributed by atoms with E-state index in [1.807, 2.05) is 13.8 Å². The maximum Gasteiger partial charge on any atom is 0.243 e. The maximum absolute atomic E-state index is 12.8. The molecule has 0 aliphatic rings. The van der Waals surface area contributed by atoms with Crippen LogP contribution in [0.2, 0.25) is 10.0 Å². The zero-order chi connectivity index (χ0) is 16.3. The summed E-state index contributed by atoms with van der Waals surface area (Å²) < 4.78 is 26.9. The van der Waals surface area contributed by atoms with E-state index in [9.17, 15) is 8.42 Å². The highest BCUT2D eigenvalue weighted by Gasteiger charge is 2.25. The van der Waals surface area contributed by atoms with Crippen LogP contribution in [-0.2, 0) is 16.6 Å². The summed E-state index contributed by atoms with van der Waals surface area (Å²) >= 11 is 13.2. The lowest BCUT2D eigenvalue weighted by atomic mass is 10.4. The number of nitrogens with zero attached hydrogens (tertiary/aromatic N) is 3. The first-order valence-electron chi connectivity index (χ1n) is 6.58. The number of halogens is 2. The number of benzene rings is 1. The van der Waals surface area contributed by atoms with Crippen LogP contribution in [0.5, 0.6) is 0 Å². The molecule has 0 unspecified atom stereocenters. The van der Waals surface area contributed by atoms with Gasteiger partial charge in [-0.2, -0.15) is 4.31 Å². The van der Waals surface area contributed by atoms with Crippen LogP contribution in [0.1, 0.15) is 23.4 Å². The molecule has 0 bridgehead atoms. The molecule has 9 heteroatoms. The van der Waals surface area contributed by atoms with Crippen LogP contribution in [-0.4, -0.2) is 29.5 Å². The Kier molecular flexibility index (Phi) is 5.79. The van der Waals surface area contributed by atoms with Gasteiger partial charge in [0.25, 0.3) is 0 Å². The number of rotatable bonds is 6. The molecule has 1 heterocycles. The molecule has 1 aromatic heterocycles. The Hall–Kier alpha value is -0.730. The first-order chi connectivity index (χ1) is 10.3. The first-order valence-corrected chi connectivity index (χ1v) is 9.60. The lowest BCUT2D eigenvalue weighted by Gasteiger charge is -2.20. The van der Waals surface area contributed by atoms with E-state index >= 15 is 0 Å². The van der Waals surface area contributed by atoms with Crippen molar-refractivity contribution in [2.24, 2.45) is 0 Å². The second-order valence-corrected chi connectivity index (χ2v) is 8.65. The van der Waals surface area contributed by atoms with Crippen molar-refractivity contribution < 1.29 is 8.42 Å². The predicted octanol–water partition coefficient (Wildman–Crippen LogP) is 3.75. The molecule has 0 aliphatic heterocycles. The molecular formula is C13H15Cl2N3O2S2. The SMILES string of the molecule is CCCN(Cc1nnc(C)s1)S(=O)(=O)c1ccc(Cl)c(Cl)c1. The lowest BCUT2D eigenvalue weighted by molar-refractivity contribution is 0.404. The van der Waals surface area contributed by atoms with Crippen LogP contribution >= 0.6 is 34.5 Å². The number of aromatic nitrogens is 2. The third-order valence-electron chi connectivity index (χ3n) is 2.88. The fourth-order valence-corrected chi connectivity index (χ4v) is 4.56. The molecule has 5 nitrogen and oxygen atoms in total. The van der Waals surface area contributed by atoms with E-state index in [0.717, 1.165) is 5.01 Å². The van der Waals surface area contributed by atoms with Crippen molar-refractivity contribution in [3.8, 4) is 0 Å². The second-order valence-electron chi connectivity index (χ2n) is 4.63. The van der Waals surface area contributed by atoms with Crippen LogP contribution in [0, 0.1) is 6.92 Å². The number of aryl methyl sites for hydroxylation is 1. The highest BCUT2D eigenvalue weighted by Crippen LogP contribution is 2.27. The molecular weight excluding hydrogens is 365 g/mol. The van der Waals surface area contributed by atoms with Crippen LogP contribution in [0.15, 0.2) is 23.1 Å². The minimum Gasteiger partial charge on any atom is -0.207 e. The van der Waals surface area contributed by atoms with Crippen molar-refractivity contribution in [2.75, 3.05) is 6.54 Å². The largest absolute Gasteiger partial charge is 0.243 e. The summed E-state index contributed by atoms with van der Waals surface area (Å²) in [5, 5.41) is 9.91. The molecule has 0 aliphatic carbocycles. The van der Waals surface area contributed by atoms with Gasteiger partial charge in [0.1, 0.15) is 10.0 Å². The van der Waals surface area contributed by atoms with E-state index in [2.05, 4.69) is 10.2 Å². The summed E-state index contributed by atoms with van der Waals surface area (Å²) in [6, 6.07) is 4.31. The molecule has 2 aromatic rings. The fraction of sp³-hybridized carbons (Fsp3) is 0.385. The predicted molar refractivity (Wildman–Crippen MR) is 89.0 cm³/mol. The van der Waals surface area contributed by atoms with Crippen LogP contribution in [0.4, 0.5) is 0 Å². The van der Waals surface area contributed by atoms with Crippen molar-refractivity contribution in [3.05, 3.63) is 38.3 Å². The number of hydrogen-bond acceptors (Lipinski definition) is 5. The Bertz CT molecular complexity index is 762. The first kappa shape index (κ1) is 17.6. The van der Waals surface area contributed by atoms with Gasteiger partial charge in [-0.05, 0) is 31.5 Å². The molecule has 0 atom stereocenters. The van der Waals surface area contributed by atoms with Gasteiger partial charge in [0.2, 0.25) is 10.0 Å². The Labute approximate surface area is 143 Å². The van der Waals surface area contributed by atoms with Gasteiger partial charge in [-0.3, -0.25) is 0 Å². The van der Waals surface area contributed by atoms with Crippen LogP contribution in [0.3, 0.4) is 0 Å². The highest BCUT2D eigenvalue weighted by molar-refractivity contribution is 7.89. The van der Waals surface area contributed by atoms with Gasteiger partial charge in [-0.25, -0.2) is 8.42 Å². The third-order valence-corrected chi connectivity index (χ3v) is 6.28. The number of hydrogen-bond donors (Lipinski definition) is 0. The minimum atomic E-state index is -3.66. The van der Waals surface area contributed by atoms with E-state index in [4.69, 9.17) is 23.2 Å². The molecule has 0 spiro atoms. The summed E-state index contributed by atoms with van der Waals surface area (Å²) in [7, 11) is -3.66. The van der Waals surface area contributed by atoms with E-state index in [1.165, 1.54) is 33.8 Å². The third kappa shape index (κ3) is 3.97.